The van der Waals surface area contributed by atoms with Crippen LogP contribution in [-0.2, 0) is 6.18 Å². The Kier molecular flexibility index (Phi) is 2.51. The summed E-state index contributed by atoms with van der Waals surface area (Å²) < 4.78 is 38.8. The molecule has 1 N–H and O–H groups in total. The molecule has 0 amide bonds. The minimum atomic E-state index is -4.42. The summed E-state index contributed by atoms with van der Waals surface area (Å²) in [7, 11) is 0. The van der Waals surface area contributed by atoms with Crippen molar-refractivity contribution >= 4 is 10.9 Å². The van der Waals surface area contributed by atoms with Gasteiger partial charge in [-0.3, -0.25) is 10.1 Å². The molecule has 0 saturated heterocycles. The molecule has 3 nitrogen and oxygen atoms in total. The van der Waals surface area contributed by atoms with E-state index in [-0.39, 0.29) is 5.52 Å². The first-order chi connectivity index (χ1) is 9.07. The molecule has 0 unspecified atom stereocenters. The number of alkyl halides is 3. The smallest absolute Gasteiger partial charge is 0.278 e. The molecule has 0 aliphatic heterocycles. The van der Waals surface area contributed by atoms with Crippen molar-refractivity contribution in [3.63, 3.8) is 0 Å². The Bertz CT molecular complexity index is 718. The van der Waals surface area contributed by atoms with Crippen LogP contribution in [0.3, 0.4) is 0 Å². The highest BCUT2D eigenvalue weighted by molar-refractivity contribution is 5.95. The van der Waals surface area contributed by atoms with Gasteiger partial charge >= 0.3 is 6.18 Å². The van der Waals surface area contributed by atoms with Crippen LogP contribution in [0, 0.1) is 0 Å². The third kappa shape index (κ3) is 1.95. The summed E-state index contributed by atoms with van der Waals surface area (Å²) in [5.74, 6) is 0. The summed E-state index contributed by atoms with van der Waals surface area (Å²) in [6.45, 7) is 0. The Morgan fingerprint density at radius 2 is 1.84 bits per heavy atom. The van der Waals surface area contributed by atoms with E-state index in [2.05, 4.69) is 15.2 Å². The van der Waals surface area contributed by atoms with Crippen molar-refractivity contribution in [2.24, 2.45) is 0 Å². The van der Waals surface area contributed by atoms with Crippen molar-refractivity contribution in [3.8, 4) is 11.3 Å². The minimum absolute atomic E-state index is 0.0536. The normalized spacial score (nSPS) is 11.9. The Balaban J connectivity index is 2.34. The second-order valence-corrected chi connectivity index (χ2v) is 4.03. The highest BCUT2D eigenvalue weighted by Crippen LogP contribution is 2.36. The van der Waals surface area contributed by atoms with Gasteiger partial charge in [0.15, 0.2) is 0 Å². The van der Waals surface area contributed by atoms with Crippen molar-refractivity contribution in [2.75, 3.05) is 0 Å². The molecule has 0 fully saturated rings. The second-order valence-electron chi connectivity index (χ2n) is 4.03. The number of pyridine rings is 1. The van der Waals surface area contributed by atoms with Crippen LogP contribution in [-0.4, -0.2) is 15.2 Å². The Labute approximate surface area is 106 Å². The number of nitrogens with one attached hydrogen (secondary N) is 1. The lowest BCUT2D eigenvalue weighted by molar-refractivity contribution is -0.136. The van der Waals surface area contributed by atoms with Gasteiger partial charge in [0.2, 0.25) is 0 Å². The van der Waals surface area contributed by atoms with Gasteiger partial charge in [-0.25, -0.2) is 0 Å². The lowest BCUT2D eigenvalue weighted by Crippen LogP contribution is -2.06. The zero-order chi connectivity index (χ0) is 13.5. The van der Waals surface area contributed by atoms with E-state index >= 15 is 0 Å². The fourth-order valence-electron chi connectivity index (χ4n) is 2.05. The predicted molar refractivity (Wildman–Crippen MR) is 64.3 cm³/mol. The average molecular weight is 263 g/mol. The van der Waals surface area contributed by atoms with E-state index in [1.807, 2.05) is 0 Å². The molecule has 96 valence electrons. The molecule has 3 rings (SSSR count). The lowest BCUT2D eigenvalue weighted by atomic mass is 10.0. The topological polar surface area (TPSA) is 41.6 Å². The number of rotatable bonds is 1. The number of para-hydroxylation sites is 1. The number of hydrogen-bond acceptors (Lipinski definition) is 2. The van der Waals surface area contributed by atoms with E-state index < -0.39 is 11.7 Å². The van der Waals surface area contributed by atoms with Crippen molar-refractivity contribution < 1.29 is 13.2 Å². The number of hydrogen-bond donors (Lipinski definition) is 1. The number of benzene rings is 1. The standard InChI is InChI=1S/C13H8F3N3/c14-13(15,16)10-3-1-2-9-8(4-6-17-12(9)10)11-5-7-18-19-11/h1-7H,(H,18,19). The summed E-state index contributed by atoms with van der Waals surface area (Å²) in [5, 5.41) is 7.00. The first-order valence-electron chi connectivity index (χ1n) is 5.52. The first-order valence-corrected chi connectivity index (χ1v) is 5.52. The minimum Gasteiger partial charge on any atom is -0.278 e. The van der Waals surface area contributed by atoms with Gasteiger partial charge in [-0.2, -0.15) is 18.3 Å². The maximum Gasteiger partial charge on any atom is 0.418 e. The van der Waals surface area contributed by atoms with Gasteiger partial charge in [-0.05, 0) is 18.2 Å². The van der Waals surface area contributed by atoms with Crippen LogP contribution >= 0.6 is 0 Å². The number of H-pyrrole nitrogens is 1. The van der Waals surface area contributed by atoms with Crippen LogP contribution in [0.25, 0.3) is 22.2 Å². The molecule has 0 bridgehead atoms. The van der Waals surface area contributed by atoms with E-state index in [4.69, 9.17) is 0 Å². The molecule has 2 aromatic heterocycles. The summed E-state index contributed by atoms with van der Waals surface area (Å²) >= 11 is 0. The third-order valence-electron chi connectivity index (χ3n) is 2.87. The second kappa shape index (κ2) is 4.08. The Morgan fingerprint density at radius 3 is 2.53 bits per heavy atom. The van der Waals surface area contributed by atoms with E-state index in [0.717, 1.165) is 6.07 Å². The maximum absolute atomic E-state index is 12.9. The van der Waals surface area contributed by atoms with Crippen molar-refractivity contribution in [3.05, 3.63) is 48.3 Å². The predicted octanol–water partition coefficient (Wildman–Crippen LogP) is 3.64. The molecule has 0 spiro atoms. The highest BCUT2D eigenvalue weighted by atomic mass is 19.4. The largest absolute Gasteiger partial charge is 0.418 e. The summed E-state index contributed by atoms with van der Waals surface area (Å²) in [5.41, 5.74) is 0.522. The quantitative estimate of drug-likeness (QED) is 0.728. The average Bonchev–Trinajstić information content (AvgIpc) is 2.90. The lowest BCUT2D eigenvalue weighted by Gasteiger charge is -2.11. The van der Waals surface area contributed by atoms with Gasteiger partial charge in [0.25, 0.3) is 0 Å². The van der Waals surface area contributed by atoms with Gasteiger partial charge in [0, 0.05) is 23.3 Å². The summed E-state index contributed by atoms with van der Waals surface area (Å²) in [6.07, 6.45) is -1.50. The number of fused-ring (bicyclic) bond motifs is 1. The molecule has 2 heterocycles. The van der Waals surface area contributed by atoms with Gasteiger partial charge in [0.05, 0.1) is 16.8 Å². The molecule has 3 aromatic rings. The van der Waals surface area contributed by atoms with Crippen LogP contribution in [0.5, 0.6) is 0 Å². The maximum atomic E-state index is 12.9. The van der Waals surface area contributed by atoms with Gasteiger partial charge in [0.1, 0.15) is 0 Å². The summed E-state index contributed by atoms with van der Waals surface area (Å²) in [6, 6.07) is 7.40. The number of nitrogens with zero attached hydrogens (tertiary/aromatic N) is 2. The molecule has 0 saturated carbocycles. The highest BCUT2D eigenvalue weighted by Gasteiger charge is 2.33. The van der Waals surface area contributed by atoms with Crippen LogP contribution in [0.1, 0.15) is 5.56 Å². The Hall–Kier alpha value is -2.37. The molecule has 6 heteroatoms. The number of aromatic nitrogens is 3. The van der Waals surface area contributed by atoms with E-state index in [0.29, 0.717) is 16.6 Å². The van der Waals surface area contributed by atoms with Crippen molar-refractivity contribution in [1.82, 2.24) is 15.2 Å². The molecule has 0 aliphatic carbocycles. The molecule has 0 atom stereocenters. The molecule has 0 radical (unpaired) electrons. The van der Waals surface area contributed by atoms with E-state index in [1.54, 1.807) is 24.4 Å². The van der Waals surface area contributed by atoms with Crippen LogP contribution in [0.2, 0.25) is 0 Å². The fourth-order valence-corrected chi connectivity index (χ4v) is 2.05. The van der Waals surface area contributed by atoms with Crippen LogP contribution < -0.4 is 0 Å². The van der Waals surface area contributed by atoms with Crippen LogP contribution in [0.4, 0.5) is 13.2 Å². The SMILES string of the molecule is FC(F)(F)c1cccc2c(-c3ccn[nH]3)ccnc12. The Morgan fingerprint density at radius 1 is 1.00 bits per heavy atom. The zero-order valence-corrected chi connectivity index (χ0v) is 9.57. The number of halogens is 3. The number of aromatic amines is 1. The van der Waals surface area contributed by atoms with Crippen LogP contribution in [0.15, 0.2) is 42.7 Å². The third-order valence-corrected chi connectivity index (χ3v) is 2.87. The van der Waals surface area contributed by atoms with Crippen molar-refractivity contribution in [1.29, 1.82) is 0 Å². The monoisotopic (exact) mass is 263 g/mol. The van der Waals surface area contributed by atoms with Gasteiger partial charge in [-0.1, -0.05) is 12.1 Å². The molecular formula is C13H8F3N3. The molecule has 0 aliphatic rings. The van der Waals surface area contributed by atoms with Crippen molar-refractivity contribution in [2.45, 2.75) is 6.18 Å². The molecule has 1 aromatic carbocycles. The fraction of sp³-hybridized carbons (Fsp3) is 0.0769. The zero-order valence-electron chi connectivity index (χ0n) is 9.57. The first kappa shape index (κ1) is 11.7. The van der Waals surface area contributed by atoms with Gasteiger partial charge in [-0.15, -0.1) is 0 Å². The van der Waals surface area contributed by atoms with E-state index in [9.17, 15) is 13.2 Å². The molecular weight excluding hydrogens is 255 g/mol. The molecule has 19 heavy (non-hydrogen) atoms. The van der Waals surface area contributed by atoms with Gasteiger partial charge < -0.3 is 0 Å². The summed E-state index contributed by atoms with van der Waals surface area (Å²) in [4.78, 5) is 3.86. The van der Waals surface area contributed by atoms with E-state index in [1.165, 1.54) is 12.3 Å².